The Kier molecular flexibility index (Phi) is 4.60. The highest BCUT2D eigenvalue weighted by Gasteiger charge is 2.08. The minimum Gasteiger partial charge on any atom is -0.506 e. The number of hydrogen-bond acceptors (Lipinski definition) is 2. The molecule has 2 rings (SSSR count). The number of phenols is 1. The summed E-state index contributed by atoms with van der Waals surface area (Å²) in [5, 5.41) is 15.8. The first kappa shape index (κ1) is 14.8. The van der Waals surface area contributed by atoms with Gasteiger partial charge in [-0.2, -0.15) is 0 Å². The number of rotatable bonds is 2. The van der Waals surface area contributed by atoms with Crippen molar-refractivity contribution in [2.45, 2.75) is 0 Å². The Labute approximate surface area is 130 Å². The molecule has 0 saturated carbocycles. The Morgan fingerprint density at radius 2 is 1.55 bits per heavy atom. The van der Waals surface area contributed by atoms with Gasteiger partial charge in [0.1, 0.15) is 5.75 Å². The second kappa shape index (κ2) is 6.22. The molecule has 7 heteroatoms. The molecule has 0 atom stereocenters. The van der Waals surface area contributed by atoms with Crippen molar-refractivity contribution in [2.75, 3.05) is 10.6 Å². The Morgan fingerprint density at radius 1 is 0.900 bits per heavy atom. The van der Waals surface area contributed by atoms with Gasteiger partial charge >= 0.3 is 6.03 Å². The van der Waals surface area contributed by atoms with Crippen LogP contribution in [0.5, 0.6) is 5.75 Å². The normalized spacial score (nSPS) is 10.2. The van der Waals surface area contributed by atoms with Crippen molar-refractivity contribution in [1.29, 1.82) is 0 Å². The molecule has 0 bridgehead atoms. The van der Waals surface area contributed by atoms with E-state index in [4.69, 9.17) is 34.8 Å². The summed E-state index contributed by atoms with van der Waals surface area (Å²) in [7, 11) is 0. The largest absolute Gasteiger partial charge is 0.506 e. The van der Waals surface area contributed by atoms with Crippen LogP contribution in [0.4, 0.5) is 16.2 Å². The molecular formula is C13H9Cl3N2O2. The van der Waals surface area contributed by atoms with Crippen LogP contribution in [-0.2, 0) is 0 Å². The van der Waals surface area contributed by atoms with Crippen molar-refractivity contribution in [1.82, 2.24) is 0 Å². The van der Waals surface area contributed by atoms with E-state index in [1.165, 1.54) is 18.2 Å². The number of aromatic hydroxyl groups is 1. The minimum absolute atomic E-state index is 0.0892. The molecule has 104 valence electrons. The first-order valence-electron chi connectivity index (χ1n) is 5.46. The lowest BCUT2D eigenvalue weighted by Gasteiger charge is -2.10. The molecule has 0 fully saturated rings. The third-order valence-electron chi connectivity index (χ3n) is 2.33. The number of halogens is 3. The third kappa shape index (κ3) is 3.93. The maximum absolute atomic E-state index is 11.8. The van der Waals surface area contributed by atoms with Crippen molar-refractivity contribution >= 4 is 52.2 Å². The van der Waals surface area contributed by atoms with Crippen LogP contribution in [0.25, 0.3) is 0 Å². The summed E-state index contributed by atoms with van der Waals surface area (Å²) in [5.74, 6) is -0.0892. The lowest BCUT2D eigenvalue weighted by Crippen LogP contribution is -2.19. The molecule has 0 spiro atoms. The number of amides is 2. The van der Waals surface area contributed by atoms with Crippen molar-refractivity contribution in [2.24, 2.45) is 0 Å². The Bertz CT molecular complexity index is 642. The molecule has 4 nitrogen and oxygen atoms in total. The van der Waals surface area contributed by atoms with Gasteiger partial charge in [-0.1, -0.05) is 34.8 Å². The molecule has 0 radical (unpaired) electrons. The van der Waals surface area contributed by atoms with Crippen LogP contribution in [0.1, 0.15) is 0 Å². The number of urea groups is 1. The molecule has 2 aromatic rings. The maximum Gasteiger partial charge on any atom is 0.323 e. The van der Waals surface area contributed by atoms with Crippen molar-refractivity contribution < 1.29 is 9.90 Å². The van der Waals surface area contributed by atoms with Crippen LogP contribution < -0.4 is 10.6 Å². The molecule has 2 amide bonds. The predicted molar refractivity (Wildman–Crippen MR) is 82.2 cm³/mol. The Hall–Kier alpha value is -1.62. The van der Waals surface area contributed by atoms with Crippen LogP contribution in [-0.4, -0.2) is 11.1 Å². The third-order valence-corrected chi connectivity index (χ3v) is 3.00. The zero-order valence-corrected chi connectivity index (χ0v) is 12.2. The van der Waals surface area contributed by atoms with E-state index in [0.717, 1.165) is 0 Å². The highest BCUT2D eigenvalue weighted by Crippen LogP contribution is 2.27. The summed E-state index contributed by atoms with van der Waals surface area (Å²) < 4.78 is 0. The molecular weight excluding hydrogens is 323 g/mol. The lowest BCUT2D eigenvalue weighted by atomic mass is 10.3. The van der Waals surface area contributed by atoms with Crippen molar-refractivity contribution in [3.8, 4) is 5.75 Å². The zero-order valence-electron chi connectivity index (χ0n) is 9.95. The predicted octanol–water partition coefficient (Wildman–Crippen LogP) is 5.00. The quantitative estimate of drug-likeness (QED) is 0.678. The minimum atomic E-state index is -0.555. The molecule has 0 aliphatic heterocycles. The Balaban J connectivity index is 2.11. The fourth-order valence-corrected chi connectivity index (χ4v) is 2.22. The molecule has 0 saturated heterocycles. The molecule has 3 N–H and O–H groups in total. The number of hydrogen-bond donors (Lipinski definition) is 3. The van der Waals surface area contributed by atoms with Gasteiger partial charge in [-0.15, -0.1) is 0 Å². The van der Waals surface area contributed by atoms with Crippen molar-refractivity contribution in [3.63, 3.8) is 0 Å². The van der Waals surface area contributed by atoms with E-state index in [-0.39, 0.29) is 11.4 Å². The Morgan fingerprint density at radius 3 is 2.20 bits per heavy atom. The molecule has 20 heavy (non-hydrogen) atoms. The molecule has 0 aliphatic carbocycles. The topological polar surface area (TPSA) is 61.4 Å². The second-order valence-corrected chi connectivity index (χ2v) is 5.21. The summed E-state index contributed by atoms with van der Waals surface area (Å²) in [4.78, 5) is 11.8. The SMILES string of the molecule is O=C(Nc1cc(Cl)cc(Cl)c1)Nc1cc(Cl)ccc1O. The number of carbonyl (C=O) groups is 1. The summed E-state index contributed by atoms with van der Waals surface area (Å²) >= 11 is 17.4. The smallest absolute Gasteiger partial charge is 0.323 e. The van der Waals surface area contributed by atoms with Gasteiger partial charge < -0.3 is 15.7 Å². The lowest BCUT2D eigenvalue weighted by molar-refractivity contribution is 0.262. The summed E-state index contributed by atoms with van der Waals surface area (Å²) in [5.41, 5.74) is 0.629. The van der Waals surface area contributed by atoms with Gasteiger partial charge in [0.15, 0.2) is 0 Å². The molecule has 2 aromatic carbocycles. The van der Waals surface area contributed by atoms with E-state index in [0.29, 0.717) is 20.8 Å². The summed E-state index contributed by atoms with van der Waals surface area (Å²) in [6.45, 7) is 0. The van der Waals surface area contributed by atoms with Gasteiger partial charge in [0.05, 0.1) is 5.69 Å². The first-order chi connectivity index (χ1) is 9.44. The van der Waals surface area contributed by atoms with E-state index in [1.54, 1.807) is 18.2 Å². The number of nitrogens with one attached hydrogen (secondary N) is 2. The van der Waals surface area contributed by atoms with Gasteiger partial charge in [-0.25, -0.2) is 4.79 Å². The second-order valence-electron chi connectivity index (χ2n) is 3.90. The average molecular weight is 332 g/mol. The molecule has 0 aromatic heterocycles. The maximum atomic E-state index is 11.8. The van der Waals surface area contributed by atoms with E-state index in [9.17, 15) is 9.90 Å². The molecule has 0 heterocycles. The van der Waals surface area contributed by atoms with Gasteiger partial charge in [-0.3, -0.25) is 0 Å². The van der Waals surface area contributed by atoms with E-state index < -0.39 is 6.03 Å². The monoisotopic (exact) mass is 330 g/mol. The number of anilines is 2. The number of carbonyl (C=O) groups excluding carboxylic acids is 1. The van der Waals surface area contributed by atoms with Crippen LogP contribution in [0.15, 0.2) is 36.4 Å². The van der Waals surface area contributed by atoms with Gasteiger partial charge in [0.25, 0.3) is 0 Å². The molecule has 0 aliphatic rings. The number of phenolic OH excluding ortho intramolecular Hbond substituents is 1. The zero-order chi connectivity index (χ0) is 14.7. The van der Waals surface area contributed by atoms with Gasteiger partial charge in [-0.05, 0) is 36.4 Å². The highest BCUT2D eigenvalue weighted by molar-refractivity contribution is 6.35. The average Bonchev–Trinajstić information content (AvgIpc) is 2.32. The van der Waals surface area contributed by atoms with Crippen LogP contribution in [0.3, 0.4) is 0 Å². The molecule has 0 unspecified atom stereocenters. The summed E-state index contributed by atoms with van der Waals surface area (Å²) in [6.07, 6.45) is 0. The van der Waals surface area contributed by atoms with Gasteiger partial charge in [0.2, 0.25) is 0 Å². The van der Waals surface area contributed by atoms with E-state index in [1.807, 2.05) is 0 Å². The standard InChI is InChI=1S/C13H9Cl3N2O2/c14-7-1-2-12(19)11(6-7)18-13(20)17-10-4-8(15)3-9(16)5-10/h1-6,19H,(H2,17,18,20). The van der Waals surface area contributed by atoms with Crippen molar-refractivity contribution in [3.05, 3.63) is 51.5 Å². The van der Waals surface area contributed by atoms with Crippen LogP contribution in [0, 0.1) is 0 Å². The fourth-order valence-electron chi connectivity index (χ4n) is 1.52. The van der Waals surface area contributed by atoms with E-state index >= 15 is 0 Å². The van der Waals surface area contributed by atoms with Gasteiger partial charge in [0, 0.05) is 20.8 Å². The van der Waals surface area contributed by atoms with Crippen LogP contribution in [0.2, 0.25) is 15.1 Å². The van der Waals surface area contributed by atoms with E-state index in [2.05, 4.69) is 10.6 Å². The number of benzene rings is 2. The van der Waals surface area contributed by atoms with Crippen LogP contribution >= 0.6 is 34.8 Å². The summed E-state index contributed by atoms with van der Waals surface area (Å²) in [6, 6.07) is 8.41. The first-order valence-corrected chi connectivity index (χ1v) is 6.60. The highest BCUT2D eigenvalue weighted by atomic mass is 35.5. The fraction of sp³-hybridized carbons (Fsp3) is 0.